The van der Waals surface area contributed by atoms with Gasteiger partial charge >= 0.3 is 5.97 Å². The van der Waals surface area contributed by atoms with Crippen molar-refractivity contribution in [2.45, 2.75) is 31.6 Å². The van der Waals surface area contributed by atoms with Crippen molar-refractivity contribution in [2.75, 3.05) is 0 Å². The Balaban J connectivity index is 2.01. The van der Waals surface area contributed by atoms with Crippen molar-refractivity contribution in [1.29, 1.82) is 0 Å². The van der Waals surface area contributed by atoms with Gasteiger partial charge < -0.3 is 5.11 Å². The second kappa shape index (κ2) is 5.51. The summed E-state index contributed by atoms with van der Waals surface area (Å²) in [6.07, 6.45) is 3.02. The lowest BCUT2D eigenvalue weighted by atomic mass is 9.76. The minimum atomic E-state index is -0.948. The number of carboxylic acid groups (broad SMARTS) is 1. The van der Waals surface area contributed by atoms with Crippen molar-refractivity contribution in [1.82, 2.24) is 0 Å². The molecule has 0 aliphatic heterocycles. The van der Waals surface area contributed by atoms with Crippen molar-refractivity contribution in [3.8, 4) is 0 Å². The van der Waals surface area contributed by atoms with Crippen molar-refractivity contribution in [3.63, 3.8) is 0 Å². The van der Waals surface area contributed by atoms with Crippen LogP contribution in [0, 0.1) is 17.6 Å². The first-order valence-electron chi connectivity index (χ1n) is 6.36. The molecule has 0 heterocycles. The van der Waals surface area contributed by atoms with Crippen LogP contribution < -0.4 is 0 Å². The molecule has 2 nitrogen and oxygen atoms in total. The predicted octanol–water partition coefficient (Wildman–Crippen LogP) is 3.88. The molecule has 0 saturated heterocycles. The Kier molecular flexibility index (Phi) is 3.98. The number of hydrogen-bond acceptors (Lipinski definition) is 1. The molecule has 1 aromatic rings. The average molecular weight is 266 g/mol. The summed E-state index contributed by atoms with van der Waals surface area (Å²) in [6, 6.07) is 3.99. The first-order chi connectivity index (χ1) is 8.99. The van der Waals surface area contributed by atoms with E-state index in [4.69, 9.17) is 5.11 Å². The van der Waals surface area contributed by atoms with Gasteiger partial charge in [0.05, 0.1) is 0 Å². The SMILES string of the molecule is C=C(C(=O)O)C1CCC(c2ccc(F)c(F)c2)CC1. The second-order valence-corrected chi connectivity index (χ2v) is 5.05. The average Bonchev–Trinajstić information content (AvgIpc) is 2.41. The summed E-state index contributed by atoms with van der Waals surface area (Å²) in [7, 11) is 0. The molecular formula is C15H16F2O2. The molecule has 4 heteroatoms. The molecular weight excluding hydrogens is 250 g/mol. The van der Waals surface area contributed by atoms with Crippen LogP contribution >= 0.6 is 0 Å². The molecule has 102 valence electrons. The third-order valence-corrected chi connectivity index (χ3v) is 3.91. The Morgan fingerprint density at radius 2 is 1.79 bits per heavy atom. The number of benzene rings is 1. The molecule has 0 bridgehead atoms. The smallest absolute Gasteiger partial charge is 0.331 e. The van der Waals surface area contributed by atoms with Gasteiger partial charge in [-0.3, -0.25) is 0 Å². The van der Waals surface area contributed by atoms with E-state index in [9.17, 15) is 13.6 Å². The largest absolute Gasteiger partial charge is 0.478 e. The number of carbonyl (C=O) groups is 1. The summed E-state index contributed by atoms with van der Waals surface area (Å²) in [5, 5.41) is 8.89. The topological polar surface area (TPSA) is 37.3 Å². The molecule has 1 aliphatic rings. The minimum Gasteiger partial charge on any atom is -0.478 e. The number of hydrogen-bond donors (Lipinski definition) is 1. The van der Waals surface area contributed by atoms with Crippen LogP contribution in [-0.2, 0) is 4.79 Å². The molecule has 0 spiro atoms. The Hall–Kier alpha value is -1.71. The quantitative estimate of drug-likeness (QED) is 0.843. The number of aliphatic carboxylic acids is 1. The standard InChI is InChI=1S/C15H16F2O2/c1-9(15(18)19)10-2-4-11(5-3-10)12-6-7-13(16)14(17)8-12/h6-8,10-11H,1-5H2,(H,18,19). The Labute approximate surface area is 110 Å². The molecule has 0 radical (unpaired) electrons. The summed E-state index contributed by atoms with van der Waals surface area (Å²) >= 11 is 0. The van der Waals surface area contributed by atoms with Crippen LogP contribution in [-0.4, -0.2) is 11.1 Å². The zero-order valence-electron chi connectivity index (χ0n) is 10.5. The van der Waals surface area contributed by atoms with Crippen LogP contribution in [0.5, 0.6) is 0 Å². The van der Waals surface area contributed by atoms with Crippen LogP contribution in [0.3, 0.4) is 0 Å². The molecule has 0 unspecified atom stereocenters. The lowest BCUT2D eigenvalue weighted by Gasteiger charge is -2.28. The van der Waals surface area contributed by atoms with Gasteiger partial charge in [-0.2, -0.15) is 0 Å². The van der Waals surface area contributed by atoms with E-state index < -0.39 is 17.6 Å². The monoisotopic (exact) mass is 266 g/mol. The highest BCUT2D eigenvalue weighted by Gasteiger charge is 2.26. The zero-order valence-corrected chi connectivity index (χ0v) is 10.5. The first-order valence-corrected chi connectivity index (χ1v) is 6.36. The van der Waals surface area contributed by atoms with Crippen LogP contribution in [0.25, 0.3) is 0 Å². The van der Waals surface area contributed by atoms with Crippen LogP contribution in [0.1, 0.15) is 37.2 Å². The first kappa shape index (κ1) is 13.7. The van der Waals surface area contributed by atoms with Crippen LogP contribution in [0.4, 0.5) is 8.78 Å². The van der Waals surface area contributed by atoms with E-state index >= 15 is 0 Å². The molecule has 1 aromatic carbocycles. The number of halogens is 2. The van der Waals surface area contributed by atoms with Gasteiger partial charge in [-0.25, -0.2) is 13.6 Å². The third-order valence-electron chi connectivity index (χ3n) is 3.91. The van der Waals surface area contributed by atoms with E-state index in [1.165, 1.54) is 6.07 Å². The predicted molar refractivity (Wildman–Crippen MR) is 67.8 cm³/mol. The van der Waals surface area contributed by atoms with E-state index in [1.807, 2.05) is 0 Å². The molecule has 0 atom stereocenters. The maximum Gasteiger partial charge on any atom is 0.331 e. The van der Waals surface area contributed by atoms with E-state index in [-0.39, 0.29) is 17.4 Å². The highest BCUT2D eigenvalue weighted by atomic mass is 19.2. The third kappa shape index (κ3) is 3.00. The summed E-state index contributed by atoms with van der Waals surface area (Å²) in [4.78, 5) is 10.8. The molecule has 1 saturated carbocycles. The van der Waals surface area contributed by atoms with Gasteiger partial charge in [-0.15, -0.1) is 0 Å². The Morgan fingerprint density at radius 3 is 2.32 bits per heavy atom. The van der Waals surface area contributed by atoms with Gasteiger partial charge in [0.2, 0.25) is 0 Å². The van der Waals surface area contributed by atoms with Gasteiger partial charge in [0.1, 0.15) is 0 Å². The normalized spacial score (nSPS) is 23.1. The van der Waals surface area contributed by atoms with E-state index in [1.54, 1.807) is 6.07 Å². The van der Waals surface area contributed by atoms with E-state index in [0.29, 0.717) is 0 Å². The fourth-order valence-electron chi connectivity index (χ4n) is 2.72. The maximum atomic E-state index is 13.2. The highest BCUT2D eigenvalue weighted by molar-refractivity contribution is 5.86. The van der Waals surface area contributed by atoms with Gasteiger partial charge in [0.15, 0.2) is 11.6 Å². The second-order valence-electron chi connectivity index (χ2n) is 5.05. The molecule has 0 aromatic heterocycles. The fraction of sp³-hybridized carbons (Fsp3) is 0.400. The number of rotatable bonds is 3. The summed E-state index contributed by atoms with van der Waals surface area (Å²) in [5.74, 6) is -2.44. The lowest BCUT2D eigenvalue weighted by Crippen LogP contribution is -2.18. The van der Waals surface area contributed by atoms with Crippen LogP contribution in [0.15, 0.2) is 30.4 Å². The fourth-order valence-corrected chi connectivity index (χ4v) is 2.72. The van der Waals surface area contributed by atoms with Gasteiger partial charge in [-0.1, -0.05) is 12.6 Å². The Morgan fingerprint density at radius 1 is 1.16 bits per heavy atom. The summed E-state index contributed by atoms with van der Waals surface area (Å²) in [5.41, 5.74) is 1.04. The zero-order chi connectivity index (χ0) is 14.0. The lowest BCUT2D eigenvalue weighted by molar-refractivity contribution is -0.133. The molecule has 0 amide bonds. The summed E-state index contributed by atoms with van der Waals surface area (Å²) < 4.78 is 26.0. The van der Waals surface area contributed by atoms with Gasteiger partial charge in [0, 0.05) is 5.57 Å². The molecule has 1 N–H and O–H groups in total. The van der Waals surface area contributed by atoms with Crippen molar-refractivity contribution < 1.29 is 18.7 Å². The summed E-state index contributed by atoms with van der Waals surface area (Å²) in [6.45, 7) is 3.59. The Bertz CT molecular complexity index is 503. The maximum absolute atomic E-state index is 13.2. The minimum absolute atomic E-state index is 0.000884. The molecule has 1 aliphatic carbocycles. The van der Waals surface area contributed by atoms with Crippen molar-refractivity contribution >= 4 is 5.97 Å². The molecule has 2 rings (SSSR count). The van der Waals surface area contributed by atoms with Crippen molar-refractivity contribution in [2.24, 2.45) is 5.92 Å². The molecule has 1 fully saturated rings. The van der Waals surface area contributed by atoms with Gasteiger partial charge in [-0.05, 0) is 55.2 Å². The van der Waals surface area contributed by atoms with Crippen LogP contribution in [0.2, 0.25) is 0 Å². The number of carboxylic acids is 1. The van der Waals surface area contributed by atoms with Crippen molar-refractivity contribution in [3.05, 3.63) is 47.5 Å². The van der Waals surface area contributed by atoms with E-state index in [0.717, 1.165) is 37.3 Å². The van der Waals surface area contributed by atoms with E-state index in [2.05, 4.69) is 6.58 Å². The molecule has 19 heavy (non-hydrogen) atoms. The highest BCUT2D eigenvalue weighted by Crippen LogP contribution is 2.38. The van der Waals surface area contributed by atoms with Gasteiger partial charge in [0.25, 0.3) is 0 Å².